The predicted molar refractivity (Wildman–Crippen MR) is 63.0 cm³/mol. The first-order valence-electron chi connectivity index (χ1n) is 6.22. The molecular weight excluding hydrogens is 242 g/mol. The second-order valence-corrected chi connectivity index (χ2v) is 7.13. The summed E-state index contributed by atoms with van der Waals surface area (Å²) in [6, 6.07) is 0. The van der Waals surface area contributed by atoms with Crippen molar-refractivity contribution in [2.75, 3.05) is 6.54 Å². The van der Waals surface area contributed by atoms with Crippen LogP contribution >= 0.6 is 0 Å². The van der Waals surface area contributed by atoms with Crippen molar-refractivity contribution in [3.05, 3.63) is 0 Å². The van der Waals surface area contributed by atoms with Gasteiger partial charge in [0, 0.05) is 6.54 Å². The van der Waals surface area contributed by atoms with Gasteiger partial charge in [-0.15, -0.1) is 0 Å². The Balaban J connectivity index is 1.90. The first-order valence-corrected chi connectivity index (χ1v) is 7.76. The summed E-state index contributed by atoms with van der Waals surface area (Å²) >= 11 is 0. The van der Waals surface area contributed by atoms with Gasteiger partial charge in [-0.05, 0) is 31.6 Å². The second-order valence-electron chi connectivity index (χ2n) is 5.08. The zero-order valence-electron chi connectivity index (χ0n) is 9.76. The lowest BCUT2D eigenvalue weighted by Crippen LogP contribution is -2.38. The highest BCUT2D eigenvalue weighted by molar-refractivity contribution is 7.90. The molecule has 0 spiro atoms. The quantitative estimate of drug-likeness (QED) is 0.772. The van der Waals surface area contributed by atoms with Crippen LogP contribution in [0.4, 0.5) is 0 Å². The van der Waals surface area contributed by atoms with Gasteiger partial charge in [0.15, 0.2) is 0 Å². The molecule has 0 aromatic carbocycles. The molecular formula is C11H19NO4S. The molecule has 5 nitrogen and oxygen atoms in total. The highest BCUT2D eigenvalue weighted by atomic mass is 32.2. The van der Waals surface area contributed by atoms with Crippen LogP contribution < -0.4 is 4.72 Å². The van der Waals surface area contributed by atoms with Gasteiger partial charge in [0.2, 0.25) is 10.0 Å². The van der Waals surface area contributed by atoms with Crippen LogP contribution in [0, 0.1) is 11.8 Å². The van der Waals surface area contributed by atoms with E-state index in [4.69, 9.17) is 5.11 Å². The van der Waals surface area contributed by atoms with E-state index >= 15 is 0 Å². The van der Waals surface area contributed by atoms with E-state index in [1.54, 1.807) is 0 Å². The standard InChI is InChI=1S/C11H19NO4S/c13-11(14)10-4-2-1-3-8(10)7-12-17(15,16)9-5-6-9/h8-10,12H,1-7H2,(H,13,14). The molecule has 2 rings (SSSR count). The van der Waals surface area contributed by atoms with Gasteiger partial charge in [-0.25, -0.2) is 13.1 Å². The smallest absolute Gasteiger partial charge is 0.306 e. The number of carbonyl (C=O) groups is 1. The number of carboxylic acids is 1. The minimum Gasteiger partial charge on any atom is -0.481 e. The third-order valence-corrected chi connectivity index (χ3v) is 5.65. The number of sulfonamides is 1. The summed E-state index contributed by atoms with van der Waals surface area (Å²) in [6.07, 6.45) is 4.89. The largest absolute Gasteiger partial charge is 0.481 e. The maximum Gasteiger partial charge on any atom is 0.306 e. The first kappa shape index (κ1) is 12.8. The number of hydrogen-bond acceptors (Lipinski definition) is 3. The number of rotatable bonds is 5. The van der Waals surface area contributed by atoms with Crippen molar-refractivity contribution >= 4 is 16.0 Å². The summed E-state index contributed by atoms with van der Waals surface area (Å²) < 4.78 is 25.9. The molecule has 0 bridgehead atoms. The molecule has 2 fully saturated rings. The van der Waals surface area contributed by atoms with E-state index in [2.05, 4.69) is 4.72 Å². The van der Waals surface area contributed by atoms with E-state index in [-0.39, 0.29) is 23.6 Å². The molecule has 0 amide bonds. The monoisotopic (exact) mass is 261 g/mol. The van der Waals surface area contributed by atoms with E-state index in [9.17, 15) is 13.2 Å². The van der Waals surface area contributed by atoms with Crippen molar-refractivity contribution in [1.82, 2.24) is 4.72 Å². The zero-order valence-corrected chi connectivity index (χ0v) is 10.6. The molecule has 6 heteroatoms. The minimum atomic E-state index is -3.18. The third kappa shape index (κ3) is 3.19. The number of nitrogens with one attached hydrogen (secondary N) is 1. The van der Waals surface area contributed by atoms with E-state index in [0.717, 1.165) is 32.1 Å². The average molecular weight is 261 g/mol. The van der Waals surface area contributed by atoms with Crippen LogP contribution in [0.25, 0.3) is 0 Å². The number of hydrogen-bond donors (Lipinski definition) is 2. The van der Waals surface area contributed by atoms with Gasteiger partial charge in [-0.1, -0.05) is 12.8 Å². The highest BCUT2D eigenvalue weighted by Crippen LogP contribution is 2.31. The van der Waals surface area contributed by atoms with Gasteiger partial charge in [0.05, 0.1) is 11.2 Å². The molecule has 2 unspecified atom stereocenters. The summed E-state index contributed by atoms with van der Waals surface area (Å²) in [4.78, 5) is 11.1. The lowest BCUT2D eigenvalue weighted by Gasteiger charge is -2.28. The average Bonchev–Trinajstić information content (AvgIpc) is 3.11. The van der Waals surface area contributed by atoms with Crippen molar-refractivity contribution in [3.8, 4) is 0 Å². The van der Waals surface area contributed by atoms with E-state index in [1.165, 1.54) is 0 Å². The summed E-state index contributed by atoms with van der Waals surface area (Å²) in [6.45, 7) is 0.288. The summed E-state index contributed by atoms with van der Waals surface area (Å²) in [5, 5.41) is 8.85. The van der Waals surface area contributed by atoms with Gasteiger partial charge in [0.1, 0.15) is 0 Å². The van der Waals surface area contributed by atoms with E-state index in [1.807, 2.05) is 0 Å². The predicted octanol–water partition coefficient (Wildman–Crippen LogP) is 0.959. The highest BCUT2D eigenvalue weighted by Gasteiger charge is 2.37. The Morgan fingerprint density at radius 1 is 1.18 bits per heavy atom. The van der Waals surface area contributed by atoms with Gasteiger partial charge in [-0.3, -0.25) is 4.79 Å². The van der Waals surface area contributed by atoms with E-state index in [0.29, 0.717) is 6.42 Å². The Bertz CT molecular complexity index is 388. The fraction of sp³-hybridized carbons (Fsp3) is 0.909. The summed E-state index contributed by atoms with van der Waals surface area (Å²) in [5.41, 5.74) is 0. The van der Waals surface area contributed by atoms with Crippen LogP contribution in [0.15, 0.2) is 0 Å². The number of aliphatic carboxylic acids is 1. The van der Waals surface area contributed by atoms with Gasteiger partial charge < -0.3 is 5.11 Å². The Morgan fingerprint density at radius 3 is 2.41 bits per heavy atom. The van der Waals surface area contributed by atoms with Crippen LogP contribution in [0.3, 0.4) is 0 Å². The zero-order chi connectivity index (χ0) is 12.5. The fourth-order valence-corrected chi connectivity index (χ4v) is 3.94. The summed E-state index contributed by atoms with van der Waals surface area (Å²) in [5.74, 6) is -1.22. The van der Waals surface area contributed by atoms with Crippen molar-refractivity contribution in [1.29, 1.82) is 0 Å². The third-order valence-electron chi connectivity index (χ3n) is 3.74. The Hall–Kier alpha value is -0.620. The maximum atomic E-state index is 11.7. The summed E-state index contributed by atoms with van der Waals surface area (Å²) in [7, 11) is -3.18. The molecule has 2 N–H and O–H groups in total. The number of carboxylic acid groups (broad SMARTS) is 1. The SMILES string of the molecule is O=C(O)C1CCCCC1CNS(=O)(=O)C1CC1. The van der Waals surface area contributed by atoms with Crippen LogP contribution in [0.1, 0.15) is 38.5 Å². The van der Waals surface area contributed by atoms with Crippen LogP contribution in [0.2, 0.25) is 0 Å². The van der Waals surface area contributed by atoms with Gasteiger partial charge in [-0.2, -0.15) is 0 Å². The fourth-order valence-electron chi connectivity index (χ4n) is 2.50. The molecule has 0 radical (unpaired) electrons. The molecule has 2 aliphatic rings. The lowest BCUT2D eigenvalue weighted by molar-refractivity contribution is -0.144. The molecule has 0 aliphatic heterocycles. The van der Waals surface area contributed by atoms with Crippen LogP contribution in [0.5, 0.6) is 0 Å². The molecule has 98 valence electrons. The molecule has 0 aromatic rings. The first-order chi connectivity index (χ1) is 8.00. The molecule has 2 aliphatic carbocycles. The second kappa shape index (κ2) is 4.94. The normalized spacial score (nSPS) is 30.1. The Morgan fingerprint density at radius 2 is 1.82 bits per heavy atom. The minimum absolute atomic E-state index is 0.0465. The molecule has 2 atom stereocenters. The van der Waals surface area contributed by atoms with Crippen LogP contribution in [-0.2, 0) is 14.8 Å². The maximum absolute atomic E-state index is 11.7. The Kier molecular flexibility index (Phi) is 3.73. The van der Waals surface area contributed by atoms with Crippen molar-refractivity contribution < 1.29 is 18.3 Å². The van der Waals surface area contributed by atoms with Gasteiger partial charge in [0.25, 0.3) is 0 Å². The Labute approximate surface area is 102 Å². The molecule has 0 saturated heterocycles. The molecule has 2 saturated carbocycles. The van der Waals surface area contributed by atoms with Crippen molar-refractivity contribution in [3.63, 3.8) is 0 Å². The molecule has 0 heterocycles. The molecule has 0 aromatic heterocycles. The van der Waals surface area contributed by atoms with E-state index < -0.39 is 16.0 Å². The van der Waals surface area contributed by atoms with Crippen molar-refractivity contribution in [2.45, 2.75) is 43.8 Å². The van der Waals surface area contributed by atoms with Gasteiger partial charge >= 0.3 is 5.97 Å². The lowest BCUT2D eigenvalue weighted by atomic mass is 9.79. The van der Waals surface area contributed by atoms with Crippen molar-refractivity contribution in [2.24, 2.45) is 11.8 Å². The molecule has 17 heavy (non-hydrogen) atoms. The van der Waals surface area contributed by atoms with Crippen LogP contribution in [-0.4, -0.2) is 31.3 Å². The topological polar surface area (TPSA) is 83.5 Å².